The summed E-state index contributed by atoms with van der Waals surface area (Å²) in [6.45, 7) is 0. The summed E-state index contributed by atoms with van der Waals surface area (Å²) in [6, 6.07) is 65.9. The fraction of sp³-hybridized carbons (Fsp3) is 0. The molecule has 3 aromatic heterocycles. The maximum atomic E-state index is 4.97. The second-order valence-electron chi connectivity index (χ2n) is 13.9. The Morgan fingerprint density at radius 1 is 0.357 bits per heavy atom. The molecule has 5 nitrogen and oxygen atoms in total. The molecule has 8 aromatic carbocycles. The number of fused-ring (bicyclic) bond motifs is 5. The molecule has 0 unspecified atom stereocenters. The Hall–Kier alpha value is -7.28. The van der Waals surface area contributed by atoms with Crippen molar-refractivity contribution in [2.24, 2.45) is 0 Å². The van der Waals surface area contributed by atoms with Gasteiger partial charge in [0.1, 0.15) is 5.01 Å². The van der Waals surface area contributed by atoms with E-state index in [0.717, 1.165) is 65.9 Å². The maximum absolute atomic E-state index is 4.97. The molecule has 262 valence electrons. The molecule has 0 aliphatic heterocycles. The van der Waals surface area contributed by atoms with E-state index in [4.69, 9.17) is 19.9 Å². The first-order valence-corrected chi connectivity index (χ1v) is 19.4. The molecule has 0 amide bonds. The third-order valence-electron chi connectivity index (χ3n) is 10.5. The van der Waals surface area contributed by atoms with Gasteiger partial charge in [-0.15, -0.1) is 11.3 Å². The third-order valence-corrected chi connectivity index (χ3v) is 11.6. The van der Waals surface area contributed by atoms with Crippen molar-refractivity contribution in [1.82, 2.24) is 24.5 Å². The van der Waals surface area contributed by atoms with E-state index in [1.807, 2.05) is 66.7 Å². The van der Waals surface area contributed by atoms with Crippen LogP contribution in [0.5, 0.6) is 0 Å². The monoisotopic (exact) mass is 733 g/mol. The third kappa shape index (κ3) is 5.63. The summed E-state index contributed by atoms with van der Waals surface area (Å²) in [7, 11) is 0. The van der Waals surface area contributed by atoms with E-state index in [1.165, 1.54) is 21.0 Å². The first kappa shape index (κ1) is 32.2. The van der Waals surface area contributed by atoms with Crippen LogP contribution >= 0.6 is 11.3 Å². The largest absolute Gasteiger partial charge is 0.309 e. The van der Waals surface area contributed by atoms with Gasteiger partial charge in [-0.2, -0.15) is 0 Å². The van der Waals surface area contributed by atoms with Crippen LogP contribution in [0.4, 0.5) is 0 Å². The van der Waals surface area contributed by atoms with Crippen molar-refractivity contribution in [3.63, 3.8) is 0 Å². The van der Waals surface area contributed by atoms with Gasteiger partial charge in [-0.25, -0.2) is 19.9 Å². The molecule has 0 radical (unpaired) electrons. The smallest absolute Gasteiger partial charge is 0.164 e. The van der Waals surface area contributed by atoms with Crippen LogP contribution in [0, 0.1) is 0 Å². The molecule has 0 atom stereocenters. The molecular weight excluding hydrogens is 703 g/mol. The summed E-state index contributed by atoms with van der Waals surface area (Å²) in [4.78, 5) is 19.8. The molecule has 0 fully saturated rings. The highest BCUT2D eigenvalue weighted by atomic mass is 32.1. The summed E-state index contributed by atoms with van der Waals surface area (Å²) >= 11 is 1.74. The molecule has 0 saturated carbocycles. The molecule has 0 aliphatic carbocycles. The van der Waals surface area contributed by atoms with Gasteiger partial charge in [0.2, 0.25) is 0 Å². The van der Waals surface area contributed by atoms with Gasteiger partial charge in [0.05, 0.1) is 21.3 Å². The lowest BCUT2D eigenvalue weighted by molar-refractivity contribution is 1.07. The quantitative estimate of drug-likeness (QED) is 0.171. The summed E-state index contributed by atoms with van der Waals surface area (Å²) in [5.74, 6) is 1.95. The number of benzene rings is 8. The van der Waals surface area contributed by atoms with Crippen molar-refractivity contribution in [2.75, 3.05) is 0 Å². The number of hydrogen-bond acceptors (Lipinski definition) is 5. The Labute approximate surface area is 326 Å². The van der Waals surface area contributed by atoms with Crippen LogP contribution < -0.4 is 0 Å². The number of nitrogens with zero attached hydrogens (tertiary/aromatic N) is 5. The van der Waals surface area contributed by atoms with Crippen LogP contribution in [-0.4, -0.2) is 24.5 Å². The lowest BCUT2D eigenvalue weighted by atomic mass is 9.99. The minimum atomic E-state index is 0.645. The van der Waals surface area contributed by atoms with E-state index in [2.05, 4.69) is 126 Å². The van der Waals surface area contributed by atoms with E-state index < -0.39 is 0 Å². The van der Waals surface area contributed by atoms with Crippen LogP contribution in [0.25, 0.3) is 104 Å². The average Bonchev–Trinajstić information content (AvgIpc) is 3.86. The van der Waals surface area contributed by atoms with E-state index in [0.29, 0.717) is 17.5 Å². The normalized spacial score (nSPS) is 11.6. The lowest BCUT2D eigenvalue weighted by Crippen LogP contribution is -2.00. The first-order valence-electron chi connectivity index (χ1n) is 18.6. The zero-order valence-electron chi connectivity index (χ0n) is 30.0. The van der Waals surface area contributed by atoms with Crippen molar-refractivity contribution < 1.29 is 0 Å². The van der Waals surface area contributed by atoms with Gasteiger partial charge in [0.15, 0.2) is 17.5 Å². The van der Waals surface area contributed by atoms with Crippen LogP contribution in [0.2, 0.25) is 0 Å². The van der Waals surface area contributed by atoms with E-state index >= 15 is 0 Å². The van der Waals surface area contributed by atoms with Crippen molar-refractivity contribution in [1.29, 1.82) is 0 Å². The highest BCUT2D eigenvalue weighted by molar-refractivity contribution is 7.21. The van der Waals surface area contributed by atoms with Crippen LogP contribution in [0.15, 0.2) is 188 Å². The molecule has 56 heavy (non-hydrogen) atoms. The number of hydrogen-bond donors (Lipinski definition) is 0. The Morgan fingerprint density at radius 2 is 0.929 bits per heavy atom. The molecule has 11 aromatic rings. The SMILES string of the molecule is c1ccc(-c2nc(-c3ccccc3)nc(-c3ccc4ccc(-c5ccc(-n6c7ccccc7c7ccc(-c8nc9ccccc9s8)cc76)cc5)cc4c3)n2)cc1. The van der Waals surface area contributed by atoms with E-state index in [-0.39, 0.29) is 0 Å². The predicted octanol–water partition coefficient (Wildman–Crippen LogP) is 13.1. The highest BCUT2D eigenvalue weighted by Crippen LogP contribution is 2.38. The zero-order chi connectivity index (χ0) is 37.0. The molecule has 0 N–H and O–H groups in total. The van der Waals surface area contributed by atoms with Gasteiger partial charge in [-0.05, 0) is 70.4 Å². The van der Waals surface area contributed by atoms with Gasteiger partial charge < -0.3 is 4.57 Å². The Bertz CT molecular complexity index is 3150. The van der Waals surface area contributed by atoms with Gasteiger partial charge in [-0.1, -0.05) is 140 Å². The zero-order valence-corrected chi connectivity index (χ0v) is 30.9. The maximum Gasteiger partial charge on any atom is 0.164 e. The van der Waals surface area contributed by atoms with Crippen LogP contribution in [0.1, 0.15) is 0 Å². The van der Waals surface area contributed by atoms with E-state index in [1.54, 1.807) is 11.3 Å². The fourth-order valence-electron chi connectivity index (χ4n) is 7.68. The topological polar surface area (TPSA) is 56.5 Å². The molecule has 6 heteroatoms. The number of aromatic nitrogens is 5. The minimum Gasteiger partial charge on any atom is -0.309 e. The molecule has 0 spiro atoms. The number of thiazole rings is 1. The standard InChI is InChI=1S/C50H31N5S/c1-3-11-34(12-4-1)47-52-48(35-13-5-2-6-14-35)54-49(53-47)37-22-20-33-19-21-36(29-39(33)30-37)32-23-26-40(27-24-32)55-44-17-9-7-15-41(44)42-28-25-38(31-45(42)55)50-51-43-16-8-10-18-46(43)56-50/h1-31H. The van der Waals surface area contributed by atoms with Crippen molar-refractivity contribution in [3.8, 4) is 61.5 Å². The first-order chi connectivity index (χ1) is 27.7. The molecule has 0 bridgehead atoms. The van der Waals surface area contributed by atoms with Gasteiger partial charge in [0.25, 0.3) is 0 Å². The minimum absolute atomic E-state index is 0.645. The van der Waals surface area contributed by atoms with Gasteiger partial charge >= 0.3 is 0 Å². The molecule has 0 saturated heterocycles. The molecule has 3 heterocycles. The predicted molar refractivity (Wildman–Crippen MR) is 232 cm³/mol. The van der Waals surface area contributed by atoms with Crippen molar-refractivity contribution in [2.45, 2.75) is 0 Å². The molecular formula is C50H31N5S. The molecule has 0 aliphatic rings. The van der Waals surface area contributed by atoms with Crippen molar-refractivity contribution >= 4 is 54.1 Å². The number of rotatable bonds is 6. The summed E-state index contributed by atoms with van der Waals surface area (Å²) in [5.41, 5.74) is 10.8. The number of para-hydroxylation sites is 2. The van der Waals surface area contributed by atoms with Gasteiger partial charge in [0, 0.05) is 38.7 Å². The van der Waals surface area contributed by atoms with Crippen molar-refractivity contribution in [3.05, 3.63) is 188 Å². The second kappa shape index (κ2) is 13.2. The van der Waals surface area contributed by atoms with Crippen LogP contribution in [-0.2, 0) is 0 Å². The highest BCUT2D eigenvalue weighted by Gasteiger charge is 2.16. The Kier molecular flexibility index (Phi) is 7.60. The molecule has 11 rings (SSSR count). The van der Waals surface area contributed by atoms with Gasteiger partial charge in [-0.3, -0.25) is 0 Å². The second-order valence-corrected chi connectivity index (χ2v) is 15.0. The Morgan fingerprint density at radius 3 is 1.66 bits per heavy atom. The van der Waals surface area contributed by atoms with Crippen LogP contribution in [0.3, 0.4) is 0 Å². The Balaban J connectivity index is 0.973. The summed E-state index contributed by atoms with van der Waals surface area (Å²) < 4.78 is 3.57. The van der Waals surface area contributed by atoms with E-state index in [9.17, 15) is 0 Å². The summed E-state index contributed by atoms with van der Waals surface area (Å²) in [6.07, 6.45) is 0. The lowest BCUT2D eigenvalue weighted by Gasteiger charge is -2.11. The average molecular weight is 734 g/mol. The fourth-order valence-corrected chi connectivity index (χ4v) is 8.65. The summed E-state index contributed by atoms with van der Waals surface area (Å²) in [5, 5.41) is 5.77.